The van der Waals surface area contributed by atoms with Gasteiger partial charge in [0.05, 0.1) is 26.3 Å². The van der Waals surface area contributed by atoms with Crippen LogP contribution in [0, 0.1) is 17.0 Å². The van der Waals surface area contributed by atoms with Gasteiger partial charge < -0.3 is 28.7 Å². The third-order valence-electron chi connectivity index (χ3n) is 4.49. The highest BCUT2D eigenvalue weighted by Crippen LogP contribution is 2.40. The molecule has 0 radical (unpaired) electrons. The van der Waals surface area contributed by atoms with Gasteiger partial charge in [0.25, 0.3) is 5.91 Å². The molecule has 0 atom stereocenters. The van der Waals surface area contributed by atoms with Crippen LogP contribution in [0.15, 0.2) is 46.9 Å². The molecule has 3 aromatic rings. The van der Waals surface area contributed by atoms with Crippen molar-refractivity contribution in [2.75, 3.05) is 26.6 Å². The van der Waals surface area contributed by atoms with Gasteiger partial charge in [0.2, 0.25) is 5.75 Å². The van der Waals surface area contributed by atoms with E-state index < -0.39 is 10.8 Å². The molecular formula is C22H22N2O8. The molecule has 0 saturated carbocycles. The van der Waals surface area contributed by atoms with Crippen molar-refractivity contribution in [3.63, 3.8) is 0 Å². The SMILES string of the molecule is COc1cc(NC(=O)c2ccc(COc3ccc(C)cc3[N+](=O)[O-])o2)cc(OC)c1OC. The number of furan rings is 1. The quantitative estimate of drug-likeness (QED) is 0.383. The summed E-state index contributed by atoms with van der Waals surface area (Å²) in [6.45, 7) is 1.67. The number of amides is 1. The number of methoxy groups -OCH3 is 3. The average molecular weight is 442 g/mol. The molecule has 0 fully saturated rings. The fraction of sp³-hybridized carbons (Fsp3) is 0.227. The molecule has 1 heterocycles. The maximum atomic E-state index is 12.6. The van der Waals surface area contributed by atoms with Crippen molar-refractivity contribution in [3.05, 3.63) is 69.7 Å². The number of hydrogen-bond acceptors (Lipinski definition) is 8. The van der Waals surface area contributed by atoms with Gasteiger partial charge >= 0.3 is 5.69 Å². The van der Waals surface area contributed by atoms with E-state index in [1.165, 1.54) is 39.5 Å². The molecule has 0 aliphatic heterocycles. The number of nitrogens with zero attached hydrogens (tertiary/aromatic N) is 1. The maximum Gasteiger partial charge on any atom is 0.311 e. The first-order valence-corrected chi connectivity index (χ1v) is 9.44. The summed E-state index contributed by atoms with van der Waals surface area (Å²) in [4.78, 5) is 23.3. The Labute approximate surface area is 183 Å². The van der Waals surface area contributed by atoms with E-state index >= 15 is 0 Å². The maximum absolute atomic E-state index is 12.6. The van der Waals surface area contributed by atoms with Crippen LogP contribution in [-0.4, -0.2) is 32.2 Å². The summed E-state index contributed by atoms with van der Waals surface area (Å²) in [5.41, 5.74) is 1.01. The molecule has 10 nitrogen and oxygen atoms in total. The summed E-state index contributed by atoms with van der Waals surface area (Å²) < 4.78 is 26.9. The van der Waals surface area contributed by atoms with Gasteiger partial charge in [0, 0.05) is 23.9 Å². The highest BCUT2D eigenvalue weighted by Gasteiger charge is 2.18. The number of carbonyl (C=O) groups excluding carboxylic acids is 1. The number of anilines is 1. The Morgan fingerprint density at radius 1 is 1.00 bits per heavy atom. The number of nitrogens with one attached hydrogen (secondary N) is 1. The molecule has 0 aliphatic rings. The van der Waals surface area contributed by atoms with Gasteiger partial charge in [0.15, 0.2) is 23.0 Å². The number of nitro benzene ring substituents is 1. The molecule has 0 saturated heterocycles. The first-order chi connectivity index (χ1) is 15.4. The van der Waals surface area contributed by atoms with Crippen molar-refractivity contribution >= 4 is 17.3 Å². The summed E-state index contributed by atoms with van der Waals surface area (Å²) in [5, 5.41) is 13.9. The zero-order valence-corrected chi connectivity index (χ0v) is 18.0. The fourth-order valence-corrected chi connectivity index (χ4v) is 2.96. The molecule has 2 aromatic carbocycles. The van der Waals surface area contributed by atoms with Gasteiger partial charge in [-0.25, -0.2) is 0 Å². The molecule has 168 valence electrons. The number of carbonyl (C=O) groups is 1. The minimum Gasteiger partial charge on any atom is -0.493 e. The van der Waals surface area contributed by atoms with Crippen molar-refractivity contribution < 1.29 is 33.1 Å². The van der Waals surface area contributed by atoms with E-state index in [1.54, 1.807) is 31.2 Å². The first-order valence-electron chi connectivity index (χ1n) is 9.44. The third kappa shape index (κ3) is 4.91. The van der Waals surface area contributed by atoms with Crippen LogP contribution in [0.1, 0.15) is 21.9 Å². The van der Waals surface area contributed by atoms with E-state index in [9.17, 15) is 14.9 Å². The molecule has 0 unspecified atom stereocenters. The van der Waals surface area contributed by atoms with Crippen molar-refractivity contribution in [1.29, 1.82) is 0 Å². The summed E-state index contributed by atoms with van der Waals surface area (Å²) in [6, 6.07) is 10.9. The smallest absolute Gasteiger partial charge is 0.311 e. The zero-order valence-electron chi connectivity index (χ0n) is 18.0. The lowest BCUT2D eigenvalue weighted by Crippen LogP contribution is -2.11. The molecule has 1 aromatic heterocycles. The van der Waals surface area contributed by atoms with Crippen LogP contribution in [0.4, 0.5) is 11.4 Å². The number of aryl methyl sites for hydroxylation is 1. The predicted octanol–water partition coefficient (Wildman–Crippen LogP) is 4.35. The largest absolute Gasteiger partial charge is 0.493 e. The average Bonchev–Trinajstić information content (AvgIpc) is 3.26. The molecule has 1 N–H and O–H groups in total. The Hall–Kier alpha value is -4.21. The van der Waals surface area contributed by atoms with E-state index in [2.05, 4.69) is 5.32 Å². The van der Waals surface area contributed by atoms with Crippen LogP contribution in [0.3, 0.4) is 0 Å². The number of rotatable bonds is 9. The normalized spacial score (nSPS) is 10.4. The van der Waals surface area contributed by atoms with E-state index in [4.69, 9.17) is 23.4 Å². The van der Waals surface area contributed by atoms with Gasteiger partial charge in [-0.3, -0.25) is 14.9 Å². The molecule has 1 amide bonds. The van der Waals surface area contributed by atoms with Crippen molar-refractivity contribution in [3.8, 4) is 23.0 Å². The third-order valence-corrected chi connectivity index (χ3v) is 4.49. The van der Waals surface area contributed by atoms with Gasteiger partial charge in [-0.05, 0) is 30.7 Å². The Morgan fingerprint density at radius 3 is 2.28 bits per heavy atom. The van der Waals surface area contributed by atoms with Gasteiger partial charge in [-0.2, -0.15) is 0 Å². The summed E-state index contributed by atoms with van der Waals surface area (Å²) in [7, 11) is 4.43. The van der Waals surface area contributed by atoms with Crippen molar-refractivity contribution in [1.82, 2.24) is 0 Å². The topological polar surface area (TPSA) is 122 Å². The number of ether oxygens (including phenoxy) is 4. The lowest BCUT2D eigenvalue weighted by molar-refractivity contribution is -0.386. The zero-order chi connectivity index (χ0) is 23.3. The minimum absolute atomic E-state index is 0.0377. The van der Waals surface area contributed by atoms with Gasteiger partial charge in [-0.15, -0.1) is 0 Å². The standard InChI is InChI=1S/C22H22N2O8/c1-13-5-7-17(16(9-13)24(26)27)31-12-15-6-8-18(32-15)22(25)23-14-10-19(28-2)21(30-4)20(11-14)29-3/h5-11H,12H2,1-4H3,(H,23,25). The van der Waals surface area contributed by atoms with E-state index in [-0.39, 0.29) is 23.8 Å². The van der Waals surface area contributed by atoms with Crippen LogP contribution in [0.2, 0.25) is 0 Å². The second-order valence-electron chi connectivity index (χ2n) is 6.65. The van der Waals surface area contributed by atoms with E-state index in [1.807, 2.05) is 0 Å². The summed E-state index contributed by atoms with van der Waals surface area (Å²) in [5.74, 6) is 1.14. The van der Waals surface area contributed by atoms with Crippen LogP contribution in [0.5, 0.6) is 23.0 Å². The lowest BCUT2D eigenvalue weighted by atomic mass is 10.2. The van der Waals surface area contributed by atoms with Crippen LogP contribution in [0.25, 0.3) is 0 Å². The van der Waals surface area contributed by atoms with Gasteiger partial charge in [0.1, 0.15) is 12.4 Å². The number of benzene rings is 2. The Morgan fingerprint density at radius 2 is 1.69 bits per heavy atom. The van der Waals surface area contributed by atoms with Gasteiger partial charge in [-0.1, -0.05) is 6.07 Å². The Kier molecular flexibility index (Phi) is 6.83. The van der Waals surface area contributed by atoms with Crippen LogP contribution >= 0.6 is 0 Å². The van der Waals surface area contributed by atoms with Crippen LogP contribution < -0.4 is 24.3 Å². The highest BCUT2D eigenvalue weighted by atomic mass is 16.6. The van der Waals surface area contributed by atoms with E-state index in [0.717, 1.165) is 5.56 Å². The van der Waals surface area contributed by atoms with Crippen molar-refractivity contribution in [2.45, 2.75) is 13.5 Å². The first kappa shape index (κ1) is 22.5. The van der Waals surface area contributed by atoms with E-state index in [0.29, 0.717) is 28.7 Å². The molecular weight excluding hydrogens is 420 g/mol. The highest BCUT2D eigenvalue weighted by molar-refractivity contribution is 6.02. The predicted molar refractivity (Wildman–Crippen MR) is 115 cm³/mol. The number of hydrogen-bond donors (Lipinski definition) is 1. The number of nitro groups is 1. The monoisotopic (exact) mass is 442 g/mol. The Balaban J connectivity index is 1.71. The summed E-state index contributed by atoms with van der Waals surface area (Å²) >= 11 is 0. The summed E-state index contributed by atoms with van der Waals surface area (Å²) in [6.07, 6.45) is 0. The minimum atomic E-state index is -0.513. The molecule has 10 heteroatoms. The molecule has 3 rings (SSSR count). The molecule has 0 spiro atoms. The molecule has 0 bridgehead atoms. The molecule has 0 aliphatic carbocycles. The second-order valence-corrected chi connectivity index (χ2v) is 6.65. The van der Waals surface area contributed by atoms with Crippen molar-refractivity contribution in [2.24, 2.45) is 0 Å². The fourth-order valence-electron chi connectivity index (χ4n) is 2.96. The lowest BCUT2D eigenvalue weighted by Gasteiger charge is -2.14. The second kappa shape index (κ2) is 9.73. The molecule has 32 heavy (non-hydrogen) atoms. The van der Waals surface area contributed by atoms with Crippen LogP contribution in [-0.2, 0) is 6.61 Å². The Bertz CT molecular complexity index is 1110.